The Morgan fingerprint density at radius 1 is 0.913 bits per heavy atom. The van der Waals surface area contributed by atoms with Gasteiger partial charge in [-0.1, -0.05) is 111 Å². The van der Waals surface area contributed by atoms with Crippen LogP contribution in [0.5, 0.6) is 0 Å². The van der Waals surface area contributed by atoms with Gasteiger partial charge in [0.05, 0.1) is 12.0 Å². The molecule has 0 spiro atoms. The SMILES string of the molecule is C=CCOC(=O)O[C@H](C)[C@H]1C(=O)N(C(C(=O)O)=P(c2ccccc2)(c2ccccc2)c2ccccc2CC=C)[C@@H]1[C@@H](C)C(=O)CO. The molecule has 0 radical (unpaired) electrons. The van der Waals surface area contributed by atoms with E-state index in [-0.39, 0.29) is 12.0 Å². The molecule has 0 aromatic heterocycles. The molecule has 3 aromatic carbocycles. The summed E-state index contributed by atoms with van der Waals surface area (Å²) < 4.78 is 10.4. The fourth-order valence-corrected chi connectivity index (χ4v) is 10.7. The van der Waals surface area contributed by atoms with Gasteiger partial charge in [-0.15, -0.1) is 6.58 Å². The Hall–Kier alpha value is -4.72. The molecule has 0 unspecified atom stereocenters. The van der Waals surface area contributed by atoms with Crippen LogP contribution in [-0.2, 0) is 30.3 Å². The Balaban J connectivity index is 2.13. The van der Waals surface area contributed by atoms with Gasteiger partial charge in [0.2, 0.25) is 5.91 Å². The molecule has 9 nitrogen and oxygen atoms in total. The monoisotopic (exact) mass is 643 g/mol. The van der Waals surface area contributed by atoms with Gasteiger partial charge in [-0.25, -0.2) is 9.59 Å². The normalized spacial score (nSPS) is 17.2. The molecule has 4 rings (SSSR count). The minimum absolute atomic E-state index is 0.110. The zero-order chi connectivity index (χ0) is 33.4. The van der Waals surface area contributed by atoms with Gasteiger partial charge < -0.3 is 24.6 Å². The molecule has 240 valence electrons. The van der Waals surface area contributed by atoms with E-state index in [9.17, 15) is 29.4 Å². The number of aliphatic hydroxyl groups is 1. The Morgan fingerprint density at radius 3 is 2.00 bits per heavy atom. The molecule has 4 atom stereocenters. The van der Waals surface area contributed by atoms with Crippen LogP contribution >= 0.6 is 6.89 Å². The largest absolute Gasteiger partial charge is 0.508 e. The van der Waals surface area contributed by atoms with Gasteiger partial charge in [-0.3, -0.25) is 9.59 Å². The molecule has 10 heteroatoms. The Morgan fingerprint density at radius 2 is 1.48 bits per heavy atom. The number of aliphatic hydroxyl groups excluding tert-OH is 1. The second-order valence-electron chi connectivity index (χ2n) is 10.9. The Bertz CT molecular complexity index is 1630. The van der Waals surface area contributed by atoms with Gasteiger partial charge in [-0.2, -0.15) is 0 Å². The van der Waals surface area contributed by atoms with E-state index in [4.69, 9.17) is 9.47 Å². The second kappa shape index (κ2) is 15.0. The van der Waals surface area contributed by atoms with Gasteiger partial charge in [0.1, 0.15) is 24.7 Å². The Kier molecular flexibility index (Phi) is 11.2. The summed E-state index contributed by atoms with van der Waals surface area (Å²) in [6.45, 7) is 6.12. The van der Waals surface area contributed by atoms with Crippen LogP contribution in [0.15, 0.2) is 110 Å². The summed E-state index contributed by atoms with van der Waals surface area (Å²) in [7, 11) is 0. The average Bonchev–Trinajstić information content (AvgIpc) is 3.06. The highest BCUT2D eigenvalue weighted by Crippen LogP contribution is 2.51. The number of hydrogen-bond donors (Lipinski definition) is 2. The summed E-state index contributed by atoms with van der Waals surface area (Å²) >= 11 is 0. The fraction of sp³-hybridized carbons (Fsp3) is 0.250. The van der Waals surface area contributed by atoms with Crippen molar-refractivity contribution in [2.45, 2.75) is 32.4 Å². The van der Waals surface area contributed by atoms with Crippen molar-refractivity contribution in [3.63, 3.8) is 0 Å². The number of ketones is 1. The second-order valence-corrected chi connectivity index (χ2v) is 14.2. The van der Waals surface area contributed by atoms with Crippen molar-refractivity contribution in [2.24, 2.45) is 11.8 Å². The van der Waals surface area contributed by atoms with Gasteiger partial charge in [-0.05, 0) is 34.8 Å². The average molecular weight is 644 g/mol. The summed E-state index contributed by atoms with van der Waals surface area (Å²) in [6, 6.07) is 24.8. The van der Waals surface area contributed by atoms with E-state index in [1.807, 2.05) is 84.9 Å². The van der Waals surface area contributed by atoms with E-state index in [1.165, 1.54) is 24.8 Å². The van der Waals surface area contributed by atoms with Gasteiger partial charge in [0.25, 0.3) is 0 Å². The van der Waals surface area contributed by atoms with Gasteiger partial charge in [0.15, 0.2) is 5.78 Å². The molecule has 2 N–H and O–H groups in total. The lowest BCUT2D eigenvalue weighted by Crippen LogP contribution is -2.71. The topological polar surface area (TPSA) is 130 Å². The van der Waals surface area contributed by atoms with Crippen LogP contribution in [-0.4, -0.2) is 69.7 Å². The van der Waals surface area contributed by atoms with Crippen LogP contribution in [0.3, 0.4) is 0 Å². The van der Waals surface area contributed by atoms with Crippen molar-refractivity contribution in [3.05, 3.63) is 116 Å². The first-order valence-corrected chi connectivity index (χ1v) is 16.6. The lowest BCUT2D eigenvalue weighted by Gasteiger charge is -2.52. The minimum Gasteiger partial charge on any atom is -0.477 e. The summed E-state index contributed by atoms with van der Waals surface area (Å²) in [5.74, 6) is -4.65. The number of carboxylic acid groups (broad SMARTS) is 1. The van der Waals surface area contributed by atoms with Crippen LogP contribution in [0.1, 0.15) is 19.4 Å². The third-order valence-corrected chi connectivity index (χ3v) is 12.6. The highest BCUT2D eigenvalue weighted by Gasteiger charge is 2.59. The van der Waals surface area contributed by atoms with Crippen LogP contribution < -0.4 is 15.9 Å². The van der Waals surface area contributed by atoms with E-state index in [0.717, 1.165) is 10.9 Å². The van der Waals surface area contributed by atoms with Gasteiger partial charge >= 0.3 is 12.1 Å². The van der Waals surface area contributed by atoms with E-state index in [1.54, 1.807) is 6.08 Å². The highest BCUT2D eigenvalue weighted by atomic mass is 31.2. The molecule has 1 amide bonds. The highest BCUT2D eigenvalue weighted by molar-refractivity contribution is 7.96. The number of ether oxygens (including phenoxy) is 2. The molecule has 1 saturated heterocycles. The third kappa shape index (κ3) is 6.34. The lowest BCUT2D eigenvalue weighted by molar-refractivity contribution is -0.163. The number of rotatable bonds is 14. The Labute approximate surface area is 268 Å². The lowest BCUT2D eigenvalue weighted by atomic mass is 9.75. The molecular formula is C36H38NO8P. The summed E-state index contributed by atoms with van der Waals surface area (Å²) in [4.78, 5) is 54.7. The van der Waals surface area contributed by atoms with E-state index in [2.05, 4.69) is 13.2 Å². The molecule has 0 aliphatic carbocycles. The van der Waals surface area contributed by atoms with Gasteiger partial charge in [0, 0.05) is 12.8 Å². The van der Waals surface area contributed by atoms with Crippen molar-refractivity contribution in [2.75, 3.05) is 13.2 Å². The maximum Gasteiger partial charge on any atom is 0.508 e. The number of β-lactam (4-membered cyclic amide) rings is 1. The quantitative estimate of drug-likeness (QED) is 0.118. The molecular weight excluding hydrogens is 605 g/mol. The van der Waals surface area contributed by atoms with Crippen molar-refractivity contribution in [1.82, 2.24) is 4.90 Å². The number of aliphatic carboxylic acids is 1. The first kappa shape index (κ1) is 34.2. The number of carbonyl (C=O) groups is 4. The van der Waals surface area contributed by atoms with Crippen LogP contribution in [0.4, 0.5) is 4.79 Å². The van der Waals surface area contributed by atoms with Crippen LogP contribution in [0.2, 0.25) is 0 Å². The molecule has 3 aromatic rings. The number of carboxylic acids is 1. The number of carbonyl (C=O) groups excluding carboxylic acids is 3. The molecule has 1 heterocycles. The molecule has 46 heavy (non-hydrogen) atoms. The van der Waals surface area contributed by atoms with Crippen LogP contribution in [0, 0.1) is 11.8 Å². The fourth-order valence-electron chi connectivity index (χ4n) is 6.17. The number of Topliss-reactive ketones (excluding diaryl/α,β-unsaturated/α-hetero) is 1. The van der Waals surface area contributed by atoms with E-state index >= 15 is 0 Å². The molecule has 1 aliphatic rings. The predicted molar refractivity (Wildman–Crippen MR) is 179 cm³/mol. The summed E-state index contributed by atoms with van der Waals surface area (Å²) in [5.41, 5.74) is 0.645. The smallest absolute Gasteiger partial charge is 0.477 e. The summed E-state index contributed by atoms with van der Waals surface area (Å²) in [5, 5.41) is 23.2. The summed E-state index contributed by atoms with van der Waals surface area (Å²) in [6.07, 6.45) is 1.42. The minimum atomic E-state index is -3.40. The van der Waals surface area contributed by atoms with E-state index in [0.29, 0.717) is 17.0 Å². The maximum atomic E-state index is 14.3. The van der Waals surface area contributed by atoms with Crippen molar-refractivity contribution < 1.29 is 38.9 Å². The molecule has 0 bridgehead atoms. The zero-order valence-corrected chi connectivity index (χ0v) is 26.7. The molecule has 1 fully saturated rings. The maximum absolute atomic E-state index is 14.3. The zero-order valence-electron chi connectivity index (χ0n) is 25.8. The number of nitrogens with zero attached hydrogens (tertiary/aromatic N) is 1. The first-order chi connectivity index (χ1) is 22.1. The van der Waals surface area contributed by atoms with Crippen LogP contribution in [0.25, 0.3) is 0 Å². The third-order valence-electron chi connectivity index (χ3n) is 8.21. The number of likely N-dealkylation sites (tertiary alicyclic amines) is 1. The number of amides is 1. The number of benzene rings is 3. The van der Waals surface area contributed by atoms with E-state index < -0.39 is 61.3 Å². The molecule has 0 saturated carbocycles. The van der Waals surface area contributed by atoms with Crippen molar-refractivity contribution >= 4 is 52.0 Å². The van der Waals surface area contributed by atoms with Crippen molar-refractivity contribution in [1.29, 1.82) is 0 Å². The number of hydrogen-bond acceptors (Lipinski definition) is 7. The first-order valence-electron chi connectivity index (χ1n) is 14.9. The predicted octanol–water partition coefficient (Wildman–Crippen LogP) is 3.68. The number of allylic oxidation sites excluding steroid dienone is 1. The standard InChI is InChI=1S/C36H38NO8P/c1-5-15-26-16-13-14-21-30(26)46(27-17-9-7-10-18-27,28-19-11-8-12-20-28)34(35(41)42)37-32(24(3)29(39)23-38)31(33(37)40)25(4)45-36(43)44-22-6-2/h5-14,16-21,24-25,31-32,38H,1-2,15,22-23H2,3-4H3,(H,41,42)/t24-,25+,31+,32+/m0/s1. The molecule has 1 aliphatic heterocycles. The van der Waals surface area contributed by atoms with Crippen molar-refractivity contribution in [3.8, 4) is 0 Å².